The van der Waals surface area contributed by atoms with Gasteiger partial charge < -0.3 is 24.3 Å². The molecule has 13 heteroatoms. The van der Waals surface area contributed by atoms with Gasteiger partial charge in [-0.15, -0.1) is 0 Å². The zero-order valence-electron chi connectivity index (χ0n) is 21.8. The van der Waals surface area contributed by atoms with E-state index in [9.17, 15) is 13.2 Å². The number of aryl methyl sites for hydroxylation is 1. The van der Waals surface area contributed by atoms with E-state index in [-0.39, 0.29) is 22.9 Å². The minimum absolute atomic E-state index is 0.109. The minimum atomic E-state index is -4.49. The van der Waals surface area contributed by atoms with E-state index < -0.39 is 11.9 Å². The van der Waals surface area contributed by atoms with E-state index in [0.29, 0.717) is 40.7 Å². The molecule has 1 aliphatic heterocycles. The van der Waals surface area contributed by atoms with Crippen LogP contribution in [0, 0.1) is 0 Å². The molecule has 1 fully saturated rings. The highest BCUT2D eigenvalue weighted by molar-refractivity contribution is 5.79. The Morgan fingerprint density at radius 2 is 1.85 bits per heavy atom. The molecule has 0 amide bonds. The van der Waals surface area contributed by atoms with Crippen molar-refractivity contribution in [3.63, 3.8) is 0 Å². The Hall–Kier alpha value is -4.13. The van der Waals surface area contributed by atoms with Crippen LogP contribution in [-0.4, -0.2) is 47.5 Å². The second-order valence-electron chi connectivity index (χ2n) is 10.7. The highest BCUT2D eigenvalue weighted by Crippen LogP contribution is 2.34. The number of hydrogen-bond acceptors (Lipinski definition) is 7. The number of pyridine rings is 2. The van der Waals surface area contributed by atoms with Gasteiger partial charge >= 0.3 is 6.18 Å². The van der Waals surface area contributed by atoms with E-state index in [1.807, 2.05) is 17.7 Å². The van der Waals surface area contributed by atoms with Crippen molar-refractivity contribution >= 4 is 34.0 Å². The number of halogens is 3. The van der Waals surface area contributed by atoms with Crippen molar-refractivity contribution in [1.29, 1.82) is 0 Å². The molecule has 39 heavy (non-hydrogen) atoms. The van der Waals surface area contributed by atoms with Gasteiger partial charge in [0.1, 0.15) is 22.8 Å². The van der Waals surface area contributed by atoms with Gasteiger partial charge in [0.25, 0.3) is 0 Å². The van der Waals surface area contributed by atoms with Gasteiger partial charge in [-0.3, -0.25) is 4.68 Å². The molecule has 2 N–H and O–H groups in total. The second kappa shape index (κ2) is 8.97. The molecule has 0 aromatic carbocycles. The fourth-order valence-corrected chi connectivity index (χ4v) is 4.68. The van der Waals surface area contributed by atoms with Gasteiger partial charge in [-0.2, -0.15) is 23.3 Å². The van der Waals surface area contributed by atoms with Crippen molar-refractivity contribution in [2.75, 3.05) is 18.5 Å². The SMILES string of the molecule is Cn1c(Nc2cc(C(C)(C)C)n([C@@H]3CCOC3)n2)nc2ncc(Oc3cnc4[nH]c(C(F)(F)F)cc4c3)cc21. The van der Waals surface area contributed by atoms with Crippen LogP contribution in [0.5, 0.6) is 11.5 Å². The molecular weight excluding hydrogens is 513 g/mol. The summed E-state index contributed by atoms with van der Waals surface area (Å²) in [6, 6.07) is 6.48. The zero-order valence-corrected chi connectivity index (χ0v) is 21.8. The van der Waals surface area contributed by atoms with Crippen LogP contribution in [-0.2, 0) is 23.4 Å². The standard InChI is InChI=1S/C26H27F3N8O2/c1-25(2,3)20-10-21(35-37(20)15-5-6-38-13-15)33-24-34-23-18(36(24)4)9-17(12-31-23)39-16-7-14-8-19(26(27,28)29)32-22(14)30-11-16/h7-12,15H,5-6,13H2,1-4H3,(H,30,32)(H,31,33,34,35)/t15-/m1/s1. The number of rotatable bonds is 5. The zero-order chi connectivity index (χ0) is 27.5. The number of imidazole rings is 1. The Morgan fingerprint density at radius 3 is 2.56 bits per heavy atom. The molecule has 0 saturated carbocycles. The lowest BCUT2D eigenvalue weighted by atomic mass is 9.91. The van der Waals surface area contributed by atoms with Crippen LogP contribution in [0.4, 0.5) is 24.9 Å². The average Bonchev–Trinajstić information content (AvgIpc) is 3.65. The maximum atomic E-state index is 13.0. The third-order valence-corrected chi connectivity index (χ3v) is 6.69. The lowest BCUT2D eigenvalue weighted by Gasteiger charge is -2.22. The molecule has 0 unspecified atom stereocenters. The monoisotopic (exact) mass is 540 g/mol. The van der Waals surface area contributed by atoms with E-state index in [1.54, 1.807) is 6.07 Å². The summed E-state index contributed by atoms with van der Waals surface area (Å²) in [5.74, 6) is 1.90. The Morgan fingerprint density at radius 1 is 1.08 bits per heavy atom. The van der Waals surface area contributed by atoms with Crippen LogP contribution in [0.2, 0.25) is 0 Å². The predicted molar refractivity (Wildman–Crippen MR) is 138 cm³/mol. The smallest absolute Gasteiger partial charge is 0.431 e. The number of ether oxygens (including phenoxy) is 2. The number of nitrogens with one attached hydrogen (secondary N) is 2. The van der Waals surface area contributed by atoms with Gasteiger partial charge in [0, 0.05) is 42.3 Å². The van der Waals surface area contributed by atoms with Gasteiger partial charge in [-0.05, 0) is 18.6 Å². The second-order valence-corrected chi connectivity index (χ2v) is 10.7. The third kappa shape index (κ3) is 4.78. The number of hydrogen-bond donors (Lipinski definition) is 2. The van der Waals surface area contributed by atoms with Crippen molar-refractivity contribution < 1.29 is 22.6 Å². The Balaban J connectivity index is 1.26. The maximum Gasteiger partial charge on any atom is 0.431 e. The number of alkyl halides is 3. The summed E-state index contributed by atoms with van der Waals surface area (Å²) in [5.41, 5.74) is 1.45. The lowest BCUT2D eigenvalue weighted by Crippen LogP contribution is -2.22. The number of fused-ring (bicyclic) bond motifs is 2. The minimum Gasteiger partial charge on any atom is -0.454 e. The van der Waals surface area contributed by atoms with Crippen LogP contribution in [0.1, 0.15) is 44.6 Å². The number of aromatic amines is 1. The van der Waals surface area contributed by atoms with E-state index in [1.165, 1.54) is 18.5 Å². The molecule has 10 nitrogen and oxygen atoms in total. The first-order valence-electron chi connectivity index (χ1n) is 12.5. The number of anilines is 2. The summed E-state index contributed by atoms with van der Waals surface area (Å²) in [7, 11) is 1.85. The Kier molecular flexibility index (Phi) is 5.79. The van der Waals surface area contributed by atoms with Crippen LogP contribution < -0.4 is 10.1 Å². The number of nitrogens with zero attached hydrogens (tertiary/aromatic N) is 6. The number of H-pyrrole nitrogens is 1. The molecule has 0 spiro atoms. The molecule has 5 aromatic rings. The van der Waals surface area contributed by atoms with Crippen molar-refractivity contribution in [2.45, 2.75) is 44.8 Å². The molecule has 6 rings (SSSR count). The van der Waals surface area contributed by atoms with E-state index in [4.69, 9.17) is 14.6 Å². The summed E-state index contributed by atoms with van der Waals surface area (Å²) < 4.78 is 54.4. The van der Waals surface area contributed by atoms with Gasteiger partial charge in [-0.25, -0.2) is 9.97 Å². The molecule has 1 atom stereocenters. The van der Waals surface area contributed by atoms with Crippen molar-refractivity contribution in [3.8, 4) is 11.5 Å². The quantitative estimate of drug-likeness (QED) is 0.288. The van der Waals surface area contributed by atoms with E-state index in [0.717, 1.165) is 24.8 Å². The van der Waals surface area contributed by atoms with E-state index >= 15 is 0 Å². The molecule has 1 saturated heterocycles. The molecule has 0 bridgehead atoms. The normalized spacial score (nSPS) is 16.4. The van der Waals surface area contributed by atoms with Crippen molar-refractivity contribution in [3.05, 3.63) is 48.0 Å². The van der Waals surface area contributed by atoms with Gasteiger partial charge in [0.15, 0.2) is 11.5 Å². The van der Waals surface area contributed by atoms with Gasteiger partial charge in [0.2, 0.25) is 5.95 Å². The Bertz CT molecular complexity index is 1670. The summed E-state index contributed by atoms with van der Waals surface area (Å²) >= 11 is 0. The summed E-state index contributed by atoms with van der Waals surface area (Å²) in [6.45, 7) is 7.82. The van der Waals surface area contributed by atoms with Crippen LogP contribution in [0.3, 0.4) is 0 Å². The van der Waals surface area contributed by atoms with Crippen LogP contribution in [0.15, 0.2) is 36.7 Å². The topological polar surface area (TPSA) is 108 Å². The fourth-order valence-electron chi connectivity index (χ4n) is 4.68. The molecule has 5 aromatic heterocycles. The van der Waals surface area contributed by atoms with Crippen LogP contribution in [0.25, 0.3) is 22.2 Å². The van der Waals surface area contributed by atoms with E-state index in [2.05, 4.69) is 50.7 Å². The van der Waals surface area contributed by atoms with Crippen molar-refractivity contribution in [1.82, 2.24) is 34.3 Å². The molecular formula is C26H27F3N8O2. The molecule has 0 radical (unpaired) electrons. The third-order valence-electron chi connectivity index (χ3n) is 6.69. The molecule has 204 valence electrons. The average molecular weight is 541 g/mol. The Labute approximate surface area is 221 Å². The molecule has 6 heterocycles. The maximum absolute atomic E-state index is 13.0. The highest BCUT2D eigenvalue weighted by Gasteiger charge is 2.33. The number of aromatic nitrogens is 7. The first-order valence-corrected chi connectivity index (χ1v) is 12.5. The van der Waals surface area contributed by atoms with Gasteiger partial charge in [-0.1, -0.05) is 20.8 Å². The summed E-state index contributed by atoms with van der Waals surface area (Å²) in [4.78, 5) is 15.3. The first kappa shape index (κ1) is 25.2. The first-order chi connectivity index (χ1) is 18.5. The summed E-state index contributed by atoms with van der Waals surface area (Å²) in [6.07, 6.45) is -0.704. The highest BCUT2D eigenvalue weighted by atomic mass is 19.4. The molecule has 1 aliphatic rings. The lowest BCUT2D eigenvalue weighted by molar-refractivity contribution is -0.140. The van der Waals surface area contributed by atoms with Crippen molar-refractivity contribution in [2.24, 2.45) is 7.05 Å². The summed E-state index contributed by atoms with van der Waals surface area (Å²) in [5, 5.41) is 8.43. The van der Waals surface area contributed by atoms with Crippen LogP contribution >= 0.6 is 0 Å². The fraction of sp³-hybridized carbons (Fsp3) is 0.385. The largest absolute Gasteiger partial charge is 0.454 e. The van der Waals surface area contributed by atoms with Gasteiger partial charge in [0.05, 0.1) is 30.6 Å². The predicted octanol–water partition coefficient (Wildman–Crippen LogP) is 5.85. The molecule has 0 aliphatic carbocycles.